The van der Waals surface area contributed by atoms with Crippen molar-refractivity contribution >= 4 is 0 Å². The van der Waals surface area contributed by atoms with Gasteiger partial charge in [0.15, 0.2) is 0 Å². The van der Waals surface area contributed by atoms with E-state index in [4.69, 9.17) is 0 Å². The first-order valence-electron chi connectivity index (χ1n) is 7.76. The van der Waals surface area contributed by atoms with E-state index >= 15 is 0 Å². The number of hydrogen-bond acceptors (Lipinski definition) is 1. The summed E-state index contributed by atoms with van der Waals surface area (Å²) in [6.45, 7) is 3.44. The first-order chi connectivity index (χ1) is 9.84. The van der Waals surface area contributed by atoms with Crippen molar-refractivity contribution in [3.8, 4) is 0 Å². The summed E-state index contributed by atoms with van der Waals surface area (Å²) in [6, 6.07) is 19.2. The molecule has 20 heavy (non-hydrogen) atoms. The van der Waals surface area contributed by atoms with Crippen molar-refractivity contribution in [1.82, 2.24) is 4.90 Å². The summed E-state index contributed by atoms with van der Waals surface area (Å²) in [7, 11) is 0. The molecule has 0 N–H and O–H groups in total. The number of rotatable bonds is 1. The van der Waals surface area contributed by atoms with Crippen molar-refractivity contribution in [1.29, 1.82) is 0 Å². The third-order valence-corrected chi connectivity index (χ3v) is 4.89. The van der Waals surface area contributed by atoms with E-state index in [0.29, 0.717) is 12.1 Å². The molecule has 2 aliphatic rings. The van der Waals surface area contributed by atoms with Gasteiger partial charge in [0.25, 0.3) is 0 Å². The molecule has 1 fully saturated rings. The Hall–Kier alpha value is -1.60. The maximum Gasteiger partial charge on any atom is 0.0610 e. The molecular formula is C19H21N. The topological polar surface area (TPSA) is 3.24 Å². The summed E-state index contributed by atoms with van der Waals surface area (Å²) in [6.07, 6.45) is 4.03. The Labute approximate surface area is 121 Å². The normalized spacial score (nSPS) is 25.2. The first-order valence-corrected chi connectivity index (χ1v) is 7.76. The van der Waals surface area contributed by atoms with Crippen LogP contribution in [0.5, 0.6) is 0 Å². The minimum absolute atomic E-state index is 0.469. The van der Waals surface area contributed by atoms with Crippen LogP contribution in [0.3, 0.4) is 0 Å². The van der Waals surface area contributed by atoms with Gasteiger partial charge >= 0.3 is 0 Å². The largest absolute Gasteiger partial charge is 0.285 e. The fourth-order valence-corrected chi connectivity index (χ4v) is 4.02. The second-order valence-corrected chi connectivity index (χ2v) is 6.19. The maximum atomic E-state index is 2.73. The number of nitrogens with zero attached hydrogens (tertiary/aromatic N) is 1. The van der Waals surface area contributed by atoms with E-state index in [1.807, 2.05) is 0 Å². The van der Waals surface area contributed by atoms with E-state index in [-0.39, 0.29) is 0 Å². The van der Waals surface area contributed by atoms with Gasteiger partial charge in [-0.1, -0.05) is 60.5 Å². The molecule has 0 unspecified atom stereocenters. The summed E-state index contributed by atoms with van der Waals surface area (Å²) in [5.74, 6) is 0. The molecule has 0 spiro atoms. The van der Waals surface area contributed by atoms with Crippen LogP contribution in [0.1, 0.15) is 53.6 Å². The molecule has 1 nitrogen and oxygen atoms in total. The van der Waals surface area contributed by atoms with Gasteiger partial charge in [-0.05, 0) is 43.0 Å². The summed E-state index contributed by atoms with van der Waals surface area (Å²) in [5.41, 5.74) is 5.94. The van der Waals surface area contributed by atoms with Crippen molar-refractivity contribution in [3.63, 3.8) is 0 Å². The molecular weight excluding hydrogens is 242 g/mol. The molecule has 1 saturated heterocycles. The van der Waals surface area contributed by atoms with Gasteiger partial charge in [-0.3, -0.25) is 4.90 Å². The highest BCUT2D eigenvalue weighted by atomic mass is 15.2. The van der Waals surface area contributed by atoms with E-state index in [2.05, 4.69) is 60.4 Å². The van der Waals surface area contributed by atoms with E-state index in [1.165, 1.54) is 36.9 Å². The van der Waals surface area contributed by atoms with Crippen LogP contribution in [-0.4, -0.2) is 11.4 Å². The van der Waals surface area contributed by atoms with Crippen molar-refractivity contribution < 1.29 is 0 Å². The maximum absolute atomic E-state index is 2.73. The number of piperidine rings is 1. The van der Waals surface area contributed by atoms with E-state index in [0.717, 1.165) is 0 Å². The summed E-state index contributed by atoms with van der Waals surface area (Å²) in [4.78, 5) is 2.73. The summed E-state index contributed by atoms with van der Waals surface area (Å²) in [5, 5.41) is 0. The molecule has 4 rings (SSSR count). The number of fused-ring (bicyclic) bond motifs is 3. The van der Waals surface area contributed by atoms with Crippen LogP contribution in [-0.2, 0) is 0 Å². The second-order valence-electron chi connectivity index (χ2n) is 6.19. The van der Waals surface area contributed by atoms with Gasteiger partial charge < -0.3 is 0 Å². The highest BCUT2D eigenvalue weighted by Gasteiger charge is 2.39. The van der Waals surface area contributed by atoms with E-state index in [1.54, 1.807) is 11.1 Å². The molecule has 2 atom stereocenters. The van der Waals surface area contributed by atoms with E-state index in [9.17, 15) is 0 Å². The standard InChI is InChI=1S/C19H21N/c1-14-10-11-16-17(13-14)19(15-7-3-2-4-8-15)20-12-6-5-9-18(16)20/h2-4,7-8,10-11,13,18-19H,5-6,9,12H2,1H3/t18-,19+/m1/s1. The number of aryl methyl sites for hydroxylation is 1. The van der Waals surface area contributed by atoms with Crippen LogP contribution in [0.2, 0.25) is 0 Å². The fourth-order valence-electron chi connectivity index (χ4n) is 4.02. The molecule has 0 aliphatic carbocycles. The highest BCUT2D eigenvalue weighted by molar-refractivity contribution is 5.45. The summed E-state index contributed by atoms with van der Waals surface area (Å²) < 4.78 is 0. The quantitative estimate of drug-likeness (QED) is 0.725. The molecule has 0 amide bonds. The SMILES string of the molecule is Cc1ccc2c(c1)[C@H](c1ccccc1)N1CCCC[C@H]21. The zero-order valence-corrected chi connectivity index (χ0v) is 12.0. The van der Waals surface area contributed by atoms with Crippen molar-refractivity contribution in [2.45, 2.75) is 38.3 Å². The van der Waals surface area contributed by atoms with Crippen molar-refractivity contribution in [2.75, 3.05) is 6.54 Å². The van der Waals surface area contributed by atoms with Crippen molar-refractivity contribution in [3.05, 3.63) is 70.8 Å². The van der Waals surface area contributed by atoms with Gasteiger partial charge in [-0.25, -0.2) is 0 Å². The average molecular weight is 263 g/mol. The molecule has 2 aliphatic heterocycles. The lowest BCUT2D eigenvalue weighted by molar-refractivity contribution is 0.139. The predicted octanol–water partition coefficient (Wildman–Crippen LogP) is 4.63. The highest BCUT2D eigenvalue weighted by Crippen LogP contribution is 2.49. The third kappa shape index (κ3) is 1.81. The Balaban J connectivity index is 1.87. The molecule has 0 aromatic heterocycles. The van der Waals surface area contributed by atoms with Gasteiger partial charge in [0, 0.05) is 6.04 Å². The van der Waals surface area contributed by atoms with Gasteiger partial charge in [0.2, 0.25) is 0 Å². The lowest BCUT2D eigenvalue weighted by atomic mass is 9.94. The third-order valence-electron chi connectivity index (χ3n) is 4.89. The minimum Gasteiger partial charge on any atom is -0.285 e. The zero-order valence-electron chi connectivity index (χ0n) is 12.0. The lowest BCUT2D eigenvalue weighted by Gasteiger charge is -2.34. The number of benzene rings is 2. The lowest BCUT2D eigenvalue weighted by Crippen LogP contribution is -2.31. The van der Waals surface area contributed by atoms with Crippen LogP contribution < -0.4 is 0 Å². The minimum atomic E-state index is 0.469. The molecule has 2 aromatic rings. The first kappa shape index (κ1) is 12.2. The summed E-state index contributed by atoms with van der Waals surface area (Å²) >= 11 is 0. The van der Waals surface area contributed by atoms with Crippen LogP contribution >= 0.6 is 0 Å². The van der Waals surface area contributed by atoms with Gasteiger partial charge in [-0.2, -0.15) is 0 Å². The Morgan fingerprint density at radius 3 is 2.65 bits per heavy atom. The van der Waals surface area contributed by atoms with E-state index < -0.39 is 0 Å². The molecule has 1 heteroatoms. The Morgan fingerprint density at radius 2 is 1.80 bits per heavy atom. The zero-order chi connectivity index (χ0) is 13.5. The Bertz CT molecular complexity index is 617. The molecule has 0 saturated carbocycles. The second kappa shape index (κ2) is 4.75. The molecule has 0 bridgehead atoms. The van der Waals surface area contributed by atoms with Gasteiger partial charge in [0.05, 0.1) is 6.04 Å². The van der Waals surface area contributed by atoms with Crippen LogP contribution in [0, 0.1) is 6.92 Å². The Kier molecular flexibility index (Phi) is 2.89. The smallest absolute Gasteiger partial charge is 0.0610 e. The van der Waals surface area contributed by atoms with Crippen LogP contribution in [0.15, 0.2) is 48.5 Å². The molecule has 2 aromatic carbocycles. The van der Waals surface area contributed by atoms with Crippen LogP contribution in [0.25, 0.3) is 0 Å². The molecule has 2 heterocycles. The van der Waals surface area contributed by atoms with Gasteiger partial charge in [-0.15, -0.1) is 0 Å². The van der Waals surface area contributed by atoms with Crippen LogP contribution in [0.4, 0.5) is 0 Å². The predicted molar refractivity (Wildman–Crippen MR) is 82.8 cm³/mol. The molecule has 0 radical (unpaired) electrons. The van der Waals surface area contributed by atoms with Crippen molar-refractivity contribution in [2.24, 2.45) is 0 Å². The number of hydrogen-bond donors (Lipinski definition) is 0. The molecule has 102 valence electrons. The van der Waals surface area contributed by atoms with Gasteiger partial charge in [0.1, 0.15) is 0 Å². The Morgan fingerprint density at radius 1 is 0.950 bits per heavy atom. The monoisotopic (exact) mass is 263 g/mol. The fraction of sp³-hybridized carbons (Fsp3) is 0.368. The average Bonchev–Trinajstić information content (AvgIpc) is 2.81.